The molecule has 2 aromatic rings. The lowest BCUT2D eigenvalue weighted by Gasteiger charge is -2.30. The lowest BCUT2D eigenvalue weighted by atomic mass is 10.1. The molecule has 1 aromatic carbocycles. The maximum atomic E-state index is 6.16. The van der Waals surface area contributed by atoms with Gasteiger partial charge in [0, 0.05) is 37.6 Å². The predicted molar refractivity (Wildman–Crippen MR) is 81.4 cm³/mol. The molecule has 1 N–H and O–H groups in total. The van der Waals surface area contributed by atoms with Crippen LogP contribution < -0.4 is 5.32 Å². The Morgan fingerprint density at radius 2 is 2.10 bits per heavy atom. The molecule has 3 rings (SSSR count). The highest BCUT2D eigenvalue weighted by molar-refractivity contribution is 6.31. The smallest absolute Gasteiger partial charge is 0.243 e. The van der Waals surface area contributed by atoms with Crippen molar-refractivity contribution in [2.45, 2.75) is 19.4 Å². The molecule has 1 atom stereocenters. The minimum absolute atomic E-state index is 0.152. The fraction of sp³-hybridized carbons (Fsp3) is 0.467. The molecule has 1 unspecified atom stereocenters. The van der Waals surface area contributed by atoms with E-state index >= 15 is 0 Å². The van der Waals surface area contributed by atoms with Gasteiger partial charge in [0.15, 0.2) is 5.82 Å². The summed E-state index contributed by atoms with van der Waals surface area (Å²) in [5, 5.41) is 8.16. The SMILES string of the molecule is CC(c1nc(Cc2ccccc2Cl)no1)N1CCNCC1. The van der Waals surface area contributed by atoms with Crippen molar-refractivity contribution in [2.24, 2.45) is 0 Å². The van der Waals surface area contributed by atoms with Crippen LogP contribution in [0.2, 0.25) is 5.02 Å². The van der Waals surface area contributed by atoms with E-state index in [1.54, 1.807) is 0 Å². The molecular weight excluding hydrogens is 288 g/mol. The Kier molecular flexibility index (Phi) is 4.53. The molecule has 0 bridgehead atoms. The maximum Gasteiger partial charge on any atom is 0.243 e. The lowest BCUT2D eigenvalue weighted by Crippen LogP contribution is -2.44. The van der Waals surface area contributed by atoms with E-state index in [1.165, 1.54) is 0 Å². The molecule has 5 nitrogen and oxygen atoms in total. The number of hydrogen-bond donors (Lipinski definition) is 1. The van der Waals surface area contributed by atoms with Crippen molar-refractivity contribution >= 4 is 11.6 Å². The van der Waals surface area contributed by atoms with Gasteiger partial charge in [0.05, 0.1) is 6.04 Å². The van der Waals surface area contributed by atoms with Gasteiger partial charge in [0.25, 0.3) is 0 Å². The molecule has 6 heteroatoms. The molecule has 1 fully saturated rings. The zero-order chi connectivity index (χ0) is 14.7. The van der Waals surface area contributed by atoms with Crippen molar-refractivity contribution in [1.29, 1.82) is 0 Å². The first kappa shape index (κ1) is 14.5. The highest BCUT2D eigenvalue weighted by Gasteiger charge is 2.23. The highest BCUT2D eigenvalue weighted by atomic mass is 35.5. The van der Waals surface area contributed by atoms with Crippen LogP contribution in [-0.2, 0) is 6.42 Å². The van der Waals surface area contributed by atoms with Crippen molar-refractivity contribution in [3.05, 3.63) is 46.6 Å². The monoisotopic (exact) mass is 306 g/mol. The van der Waals surface area contributed by atoms with Crippen LogP contribution in [-0.4, -0.2) is 41.2 Å². The van der Waals surface area contributed by atoms with Gasteiger partial charge in [-0.05, 0) is 18.6 Å². The van der Waals surface area contributed by atoms with Crippen LogP contribution in [0.15, 0.2) is 28.8 Å². The Morgan fingerprint density at radius 1 is 1.33 bits per heavy atom. The van der Waals surface area contributed by atoms with E-state index in [2.05, 4.69) is 27.3 Å². The first-order valence-electron chi connectivity index (χ1n) is 7.24. The second kappa shape index (κ2) is 6.56. The number of halogens is 1. The molecular formula is C15H19ClN4O. The number of benzene rings is 1. The minimum atomic E-state index is 0.152. The number of aromatic nitrogens is 2. The summed E-state index contributed by atoms with van der Waals surface area (Å²) in [7, 11) is 0. The van der Waals surface area contributed by atoms with E-state index in [1.807, 2.05) is 24.3 Å². The standard InChI is InChI=1S/C15H19ClN4O/c1-11(20-8-6-17-7-9-20)15-18-14(19-21-15)10-12-4-2-3-5-13(12)16/h2-5,11,17H,6-10H2,1H3. The van der Waals surface area contributed by atoms with Crippen molar-refractivity contribution in [3.63, 3.8) is 0 Å². The first-order valence-corrected chi connectivity index (χ1v) is 7.62. The van der Waals surface area contributed by atoms with E-state index in [9.17, 15) is 0 Å². The molecule has 1 aliphatic heterocycles. The Morgan fingerprint density at radius 3 is 2.86 bits per heavy atom. The van der Waals surface area contributed by atoms with E-state index in [0.717, 1.165) is 36.8 Å². The van der Waals surface area contributed by atoms with Crippen molar-refractivity contribution < 1.29 is 4.52 Å². The summed E-state index contributed by atoms with van der Waals surface area (Å²) in [4.78, 5) is 6.87. The highest BCUT2D eigenvalue weighted by Crippen LogP contribution is 2.21. The first-order chi connectivity index (χ1) is 10.2. The topological polar surface area (TPSA) is 54.2 Å². The third-order valence-electron chi connectivity index (χ3n) is 3.85. The van der Waals surface area contributed by atoms with Gasteiger partial charge in [-0.3, -0.25) is 4.90 Å². The lowest BCUT2D eigenvalue weighted by molar-refractivity contribution is 0.154. The predicted octanol–water partition coefficient (Wildman–Crippen LogP) is 2.28. The van der Waals surface area contributed by atoms with Crippen LogP contribution in [0, 0.1) is 0 Å². The van der Waals surface area contributed by atoms with Gasteiger partial charge >= 0.3 is 0 Å². The summed E-state index contributed by atoms with van der Waals surface area (Å²) in [5.41, 5.74) is 1.02. The molecule has 112 valence electrons. The summed E-state index contributed by atoms with van der Waals surface area (Å²) in [5.74, 6) is 1.36. The normalized spacial score (nSPS) is 17.8. The van der Waals surface area contributed by atoms with E-state index in [4.69, 9.17) is 16.1 Å². The van der Waals surface area contributed by atoms with Crippen LogP contribution in [0.1, 0.15) is 30.2 Å². The summed E-state index contributed by atoms with van der Waals surface area (Å²) < 4.78 is 5.43. The Bertz CT molecular complexity index is 595. The zero-order valence-electron chi connectivity index (χ0n) is 12.1. The number of nitrogens with one attached hydrogen (secondary N) is 1. The van der Waals surface area contributed by atoms with Crippen molar-refractivity contribution in [1.82, 2.24) is 20.4 Å². The molecule has 1 aromatic heterocycles. The molecule has 0 aliphatic carbocycles. The van der Waals surface area contributed by atoms with Gasteiger partial charge in [0.1, 0.15) is 0 Å². The van der Waals surface area contributed by atoms with Gasteiger partial charge < -0.3 is 9.84 Å². The third-order valence-corrected chi connectivity index (χ3v) is 4.22. The fourth-order valence-corrected chi connectivity index (χ4v) is 2.75. The number of rotatable bonds is 4. The maximum absolute atomic E-state index is 6.16. The molecule has 1 aliphatic rings. The fourth-order valence-electron chi connectivity index (χ4n) is 2.55. The van der Waals surface area contributed by atoms with E-state index in [0.29, 0.717) is 18.1 Å². The second-order valence-corrected chi connectivity index (χ2v) is 5.69. The summed E-state index contributed by atoms with van der Waals surface area (Å²) >= 11 is 6.16. The third kappa shape index (κ3) is 3.43. The largest absolute Gasteiger partial charge is 0.338 e. The van der Waals surface area contributed by atoms with Gasteiger partial charge in [-0.25, -0.2) is 0 Å². The number of hydrogen-bond acceptors (Lipinski definition) is 5. The molecule has 2 heterocycles. The van der Waals surface area contributed by atoms with Crippen LogP contribution in [0.4, 0.5) is 0 Å². The molecule has 0 spiro atoms. The Labute approximate surface area is 129 Å². The Hall–Kier alpha value is -1.43. The summed E-state index contributed by atoms with van der Waals surface area (Å²) in [6.07, 6.45) is 0.595. The quantitative estimate of drug-likeness (QED) is 0.939. The Balaban J connectivity index is 1.69. The zero-order valence-corrected chi connectivity index (χ0v) is 12.8. The van der Waals surface area contributed by atoms with Crippen LogP contribution >= 0.6 is 11.6 Å². The second-order valence-electron chi connectivity index (χ2n) is 5.28. The van der Waals surface area contributed by atoms with Crippen molar-refractivity contribution in [2.75, 3.05) is 26.2 Å². The minimum Gasteiger partial charge on any atom is -0.338 e. The van der Waals surface area contributed by atoms with Crippen molar-refractivity contribution in [3.8, 4) is 0 Å². The summed E-state index contributed by atoms with van der Waals surface area (Å²) in [6.45, 7) is 6.13. The molecule has 1 saturated heterocycles. The molecule has 0 saturated carbocycles. The van der Waals surface area contributed by atoms with E-state index < -0.39 is 0 Å². The van der Waals surface area contributed by atoms with E-state index in [-0.39, 0.29) is 6.04 Å². The average molecular weight is 307 g/mol. The molecule has 0 radical (unpaired) electrons. The van der Waals surface area contributed by atoms with Crippen LogP contribution in [0.25, 0.3) is 0 Å². The number of piperazine rings is 1. The summed E-state index contributed by atoms with van der Waals surface area (Å²) in [6, 6.07) is 7.89. The van der Waals surface area contributed by atoms with Gasteiger partial charge in [-0.1, -0.05) is 35.0 Å². The number of nitrogens with zero attached hydrogens (tertiary/aromatic N) is 3. The van der Waals surface area contributed by atoms with Gasteiger partial charge in [0.2, 0.25) is 5.89 Å². The molecule has 0 amide bonds. The van der Waals surface area contributed by atoms with Gasteiger partial charge in [-0.15, -0.1) is 0 Å². The van der Waals surface area contributed by atoms with Crippen LogP contribution in [0.5, 0.6) is 0 Å². The van der Waals surface area contributed by atoms with Gasteiger partial charge in [-0.2, -0.15) is 4.98 Å². The van der Waals surface area contributed by atoms with Crippen LogP contribution in [0.3, 0.4) is 0 Å². The molecule has 21 heavy (non-hydrogen) atoms. The average Bonchev–Trinajstić information content (AvgIpc) is 2.98.